The van der Waals surface area contributed by atoms with Crippen LogP contribution in [0.5, 0.6) is 5.75 Å². The maximum atomic E-state index is 14.4. The van der Waals surface area contributed by atoms with E-state index in [2.05, 4.69) is 4.98 Å². The van der Waals surface area contributed by atoms with Crippen molar-refractivity contribution in [1.82, 2.24) is 9.55 Å². The summed E-state index contributed by atoms with van der Waals surface area (Å²) in [5.41, 5.74) is 0.783. The largest absolute Gasteiger partial charge is 0.495 e. The molecule has 7 nitrogen and oxygen atoms in total. The van der Waals surface area contributed by atoms with Gasteiger partial charge >= 0.3 is 0 Å². The number of rotatable bonds is 8. The molecule has 1 amide bonds. The van der Waals surface area contributed by atoms with Crippen LogP contribution < -0.4 is 15.2 Å². The summed E-state index contributed by atoms with van der Waals surface area (Å²) in [6, 6.07) is 21.9. The Labute approximate surface area is 205 Å². The lowest BCUT2D eigenvalue weighted by Crippen LogP contribution is -2.34. The van der Waals surface area contributed by atoms with Crippen LogP contribution in [0.15, 0.2) is 82.7 Å². The van der Waals surface area contributed by atoms with Crippen LogP contribution in [0.25, 0.3) is 16.6 Å². The number of thioether (sulfide) groups is 1. The summed E-state index contributed by atoms with van der Waals surface area (Å²) in [5, 5.41) is 9.74. The van der Waals surface area contributed by atoms with E-state index in [1.165, 1.54) is 34.8 Å². The van der Waals surface area contributed by atoms with Crippen molar-refractivity contribution in [3.05, 3.63) is 89.0 Å². The highest BCUT2D eigenvalue weighted by atomic mass is 32.2. The second-order valence-electron chi connectivity index (χ2n) is 7.42. The summed E-state index contributed by atoms with van der Waals surface area (Å²) in [5.74, 6) is -0.621. The van der Waals surface area contributed by atoms with Crippen molar-refractivity contribution >= 4 is 34.3 Å². The van der Waals surface area contributed by atoms with Gasteiger partial charge < -0.3 is 9.64 Å². The first-order valence-electron chi connectivity index (χ1n) is 10.7. The van der Waals surface area contributed by atoms with Gasteiger partial charge in [0.05, 0.1) is 47.6 Å². The predicted octanol–water partition coefficient (Wildman–Crippen LogP) is 4.57. The third-order valence-electron chi connectivity index (χ3n) is 5.29. The summed E-state index contributed by atoms with van der Waals surface area (Å²) in [6.45, 7) is 0.0429. The van der Waals surface area contributed by atoms with Gasteiger partial charge in [0.1, 0.15) is 11.6 Å². The number of methoxy groups -OCH3 is 1. The molecule has 0 unspecified atom stereocenters. The molecule has 0 saturated carbocycles. The zero-order valence-electron chi connectivity index (χ0n) is 18.8. The molecule has 1 heterocycles. The fraction of sp³-hybridized carbons (Fsp3) is 0.154. The summed E-state index contributed by atoms with van der Waals surface area (Å²) in [4.78, 5) is 32.6. The van der Waals surface area contributed by atoms with E-state index in [0.29, 0.717) is 27.5 Å². The van der Waals surface area contributed by atoms with Gasteiger partial charge in [0.2, 0.25) is 5.91 Å². The number of nitrogens with zero attached hydrogens (tertiary/aromatic N) is 4. The highest BCUT2D eigenvalue weighted by Crippen LogP contribution is 2.28. The number of benzene rings is 3. The van der Waals surface area contributed by atoms with Crippen molar-refractivity contribution in [3.63, 3.8) is 0 Å². The van der Waals surface area contributed by atoms with Crippen LogP contribution in [0.2, 0.25) is 0 Å². The highest BCUT2D eigenvalue weighted by Gasteiger charge is 2.22. The Bertz CT molecular complexity index is 1480. The smallest absolute Gasteiger partial charge is 0.266 e. The van der Waals surface area contributed by atoms with Crippen LogP contribution >= 0.6 is 11.8 Å². The van der Waals surface area contributed by atoms with Crippen LogP contribution in [-0.2, 0) is 4.79 Å². The number of fused-ring (bicyclic) bond motifs is 1. The first kappa shape index (κ1) is 24.0. The second-order valence-corrected chi connectivity index (χ2v) is 8.36. The van der Waals surface area contributed by atoms with Crippen LogP contribution in [-0.4, -0.2) is 34.9 Å². The summed E-state index contributed by atoms with van der Waals surface area (Å²) < 4.78 is 21.3. The lowest BCUT2D eigenvalue weighted by atomic mass is 10.2. The molecule has 1 aromatic heterocycles. The lowest BCUT2D eigenvalue weighted by Gasteiger charge is -2.22. The van der Waals surface area contributed by atoms with Crippen molar-refractivity contribution in [2.75, 3.05) is 24.3 Å². The first-order chi connectivity index (χ1) is 17.0. The van der Waals surface area contributed by atoms with E-state index in [1.807, 2.05) is 6.07 Å². The Morgan fingerprint density at radius 3 is 2.60 bits per heavy atom. The average molecular weight is 489 g/mol. The van der Waals surface area contributed by atoms with Gasteiger partial charge in [0.15, 0.2) is 5.16 Å². The monoisotopic (exact) mass is 488 g/mol. The number of amides is 1. The molecule has 3 aromatic carbocycles. The van der Waals surface area contributed by atoms with Gasteiger partial charge in [-0.1, -0.05) is 48.2 Å². The fourth-order valence-corrected chi connectivity index (χ4v) is 4.53. The van der Waals surface area contributed by atoms with Crippen molar-refractivity contribution in [2.45, 2.75) is 11.6 Å². The molecule has 0 aliphatic heterocycles. The Hall–Kier alpha value is -4.16. The molecule has 4 aromatic rings. The third kappa shape index (κ3) is 5.03. The Morgan fingerprint density at radius 1 is 1.11 bits per heavy atom. The number of ether oxygens (including phenoxy) is 1. The van der Waals surface area contributed by atoms with E-state index in [4.69, 9.17) is 10.00 Å². The number of aromatic nitrogens is 2. The van der Waals surface area contributed by atoms with Crippen molar-refractivity contribution in [2.24, 2.45) is 0 Å². The van der Waals surface area contributed by atoms with Crippen LogP contribution in [0.4, 0.5) is 10.1 Å². The van der Waals surface area contributed by atoms with E-state index in [9.17, 15) is 14.0 Å². The number of carbonyl (C=O) groups excluding carboxylic acids is 1. The first-order valence-corrected chi connectivity index (χ1v) is 11.7. The predicted molar refractivity (Wildman–Crippen MR) is 134 cm³/mol. The molecule has 176 valence electrons. The fourth-order valence-electron chi connectivity index (χ4n) is 3.65. The van der Waals surface area contributed by atoms with Gasteiger partial charge in [-0.3, -0.25) is 14.2 Å². The Balaban J connectivity index is 1.74. The molecular weight excluding hydrogens is 467 g/mol. The summed E-state index contributed by atoms with van der Waals surface area (Å²) in [6.07, 6.45) is 0.0465. The topological polar surface area (TPSA) is 88.2 Å². The SMILES string of the molecule is COc1ccccc1-n1c(SCC(=O)N(CCC#N)c2ccccc2F)nc2ccccc2c1=O. The van der Waals surface area contributed by atoms with E-state index in [0.717, 1.165) is 11.8 Å². The van der Waals surface area contributed by atoms with Gasteiger partial charge in [-0.25, -0.2) is 9.37 Å². The molecule has 0 aliphatic carbocycles. The van der Waals surface area contributed by atoms with Gasteiger partial charge in [0.25, 0.3) is 5.56 Å². The molecule has 0 aliphatic rings. The van der Waals surface area contributed by atoms with E-state index in [1.54, 1.807) is 54.6 Å². The van der Waals surface area contributed by atoms with Crippen LogP contribution in [0.1, 0.15) is 6.42 Å². The Kier molecular flexibility index (Phi) is 7.43. The van der Waals surface area contributed by atoms with Crippen LogP contribution in [0, 0.1) is 17.1 Å². The molecule has 0 spiro atoms. The standard InChI is InChI=1S/C26H21FN4O3S/c1-34-23-14-7-6-13-22(23)31-25(33)18-9-2-4-11-20(18)29-26(31)35-17-24(32)30(16-8-15-28)21-12-5-3-10-19(21)27/h2-7,9-14H,8,16-17H2,1H3. The van der Waals surface area contributed by atoms with E-state index in [-0.39, 0.29) is 30.0 Å². The number of para-hydroxylation sites is 4. The van der Waals surface area contributed by atoms with E-state index < -0.39 is 11.7 Å². The third-order valence-corrected chi connectivity index (χ3v) is 6.21. The normalized spacial score (nSPS) is 10.7. The van der Waals surface area contributed by atoms with Gasteiger partial charge in [0, 0.05) is 6.54 Å². The molecule has 35 heavy (non-hydrogen) atoms. The number of hydrogen-bond acceptors (Lipinski definition) is 6. The zero-order valence-corrected chi connectivity index (χ0v) is 19.7. The molecule has 0 atom stereocenters. The number of carbonyl (C=O) groups is 1. The highest BCUT2D eigenvalue weighted by molar-refractivity contribution is 7.99. The maximum Gasteiger partial charge on any atom is 0.266 e. The second kappa shape index (κ2) is 10.8. The number of nitriles is 1. The minimum atomic E-state index is -0.557. The van der Waals surface area contributed by atoms with Gasteiger partial charge in [-0.15, -0.1) is 0 Å². The molecule has 0 radical (unpaired) electrons. The maximum absolute atomic E-state index is 14.4. The molecule has 9 heteroatoms. The minimum absolute atomic E-state index is 0.0429. The van der Waals surface area contributed by atoms with Crippen LogP contribution in [0.3, 0.4) is 0 Å². The van der Waals surface area contributed by atoms with Gasteiger partial charge in [-0.2, -0.15) is 5.26 Å². The zero-order chi connectivity index (χ0) is 24.8. The van der Waals surface area contributed by atoms with Crippen molar-refractivity contribution in [3.8, 4) is 17.5 Å². The number of halogens is 1. The summed E-state index contributed by atoms with van der Waals surface area (Å²) in [7, 11) is 1.51. The molecule has 0 saturated heterocycles. The van der Waals surface area contributed by atoms with E-state index >= 15 is 0 Å². The number of anilines is 1. The lowest BCUT2D eigenvalue weighted by molar-refractivity contribution is -0.116. The average Bonchev–Trinajstić information content (AvgIpc) is 2.88. The van der Waals surface area contributed by atoms with Crippen molar-refractivity contribution in [1.29, 1.82) is 5.26 Å². The van der Waals surface area contributed by atoms with Gasteiger partial charge in [-0.05, 0) is 36.4 Å². The number of hydrogen-bond donors (Lipinski definition) is 0. The van der Waals surface area contributed by atoms with Crippen molar-refractivity contribution < 1.29 is 13.9 Å². The molecule has 0 N–H and O–H groups in total. The minimum Gasteiger partial charge on any atom is -0.495 e. The molecular formula is C26H21FN4O3S. The summed E-state index contributed by atoms with van der Waals surface area (Å²) >= 11 is 1.06. The quantitative estimate of drug-likeness (QED) is 0.267. The Morgan fingerprint density at radius 2 is 1.83 bits per heavy atom. The molecule has 0 fully saturated rings. The molecule has 4 rings (SSSR count). The molecule has 0 bridgehead atoms.